The number of hydrogen-bond acceptors (Lipinski definition) is 5. The van der Waals surface area contributed by atoms with Gasteiger partial charge in [0.2, 0.25) is 0 Å². The maximum atomic E-state index is 13.1. The molecule has 2 atom stereocenters. The Kier molecular flexibility index (Phi) is 3.38. The first-order valence-corrected chi connectivity index (χ1v) is 7.88. The van der Waals surface area contributed by atoms with E-state index in [0.717, 1.165) is 16.0 Å². The number of imide groups is 1. The summed E-state index contributed by atoms with van der Waals surface area (Å²) in [5, 5.41) is 9.52. The molecule has 0 bridgehead atoms. The van der Waals surface area contributed by atoms with E-state index < -0.39 is 29.7 Å². The standard InChI is InChI=1S/C18H15FN4O2/c1-10-3-6-14(9-11(10)2)23-16-15(20-21-23)17(24)22(18(16)25)13-7-4-12(19)5-8-13/h3-9,15-16H,1-2H3/t15-,16-/m0/s1. The maximum absolute atomic E-state index is 13.1. The van der Waals surface area contributed by atoms with Crippen LogP contribution in [0.5, 0.6) is 0 Å². The number of carbonyl (C=O) groups excluding carboxylic acids is 2. The molecule has 2 aromatic rings. The molecule has 2 amide bonds. The molecule has 6 nitrogen and oxygen atoms in total. The molecular formula is C18H15FN4O2. The number of benzene rings is 2. The lowest BCUT2D eigenvalue weighted by Gasteiger charge is -2.21. The molecule has 0 radical (unpaired) electrons. The molecule has 0 N–H and O–H groups in total. The summed E-state index contributed by atoms with van der Waals surface area (Å²) in [6.07, 6.45) is 0. The molecule has 1 saturated heterocycles. The zero-order chi connectivity index (χ0) is 17.7. The van der Waals surface area contributed by atoms with E-state index in [0.29, 0.717) is 11.4 Å². The van der Waals surface area contributed by atoms with Gasteiger partial charge in [0.25, 0.3) is 11.8 Å². The average Bonchev–Trinajstić information content (AvgIpc) is 3.13. The summed E-state index contributed by atoms with van der Waals surface area (Å²) in [4.78, 5) is 26.5. The van der Waals surface area contributed by atoms with Crippen LogP contribution in [0.4, 0.5) is 15.8 Å². The van der Waals surface area contributed by atoms with E-state index in [9.17, 15) is 14.0 Å². The molecule has 25 heavy (non-hydrogen) atoms. The van der Waals surface area contributed by atoms with Crippen LogP contribution in [-0.4, -0.2) is 23.9 Å². The predicted molar refractivity (Wildman–Crippen MR) is 89.7 cm³/mol. The van der Waals surface area contributed by atoms with Crippen molar-refractivity contribution in [3.8, 4) is 0 Å². The van der Waals surface area contributed by atoms with E-state index in [1.165, 1.54) is 29.3 Å². The highest BCUT2D eigenvalue weighted by Crippen LogP contribution is 2.35. The Morgan fingerprint density at radius 2 is 1.60 bits per heavy atom. The number of carbonyl (C=O) groups is 2. The molecule has 0 aliphatic carbocycles. The van der Waals surface area contributed by atoms with Gasteiger partial charge in [-0.2, -0.15) is 5.11 Å². The molecule has 0 unspecified atom stereocenters. The van der Waals surface area contributed by atoms with Gasteiger partial charge in [0.15, 0.2) is 12.1 Å². The highest BCUT2D eigenvalue weighted by molar-refractivity contribution is 6.26. The second kappa shape index (κ2) is 5.47. The van der Waals surface area contributed by atoms with Crippen LogP contribution in [0, 0.1) is 19.7 Å². The van der Waals surface area contributed by atoms with Crippen molar-refractivity contribution >= 4 is 23.2 Å². The van der Waals surface area contributed by atoms with Crippen molar-refractivity contribution in [1.29, 1.82) is 0 Å². The molecule has 0 saturated carbocycles. The summed E-state index contributed by atoms with van der Waals surface area (Å²) >= 11 is 0. The Hall–Kier alpha value is -3.09. The zero-order valence-electron chi connectivity index (χ0n) is 13.7. The minimum absolute atomic E-state index is 0.334. The van der Waals surface area contributed by atoms with Gasteiger partial charge in [0.05, 0.1) is 11.4 Å². The largest absolute Gasteiger partial charge is 0.271 e. The number of fused-ring (bicyclic) bond motifs is 1. The lowest BCUT2D eigenvalue weighted by atomic mass is 10.1. The highest BCUT2D eigenvalue weighted by Gasteiger charge is 2.55. The van der Waals surface area contributed by atoms with Gasteiger partial charge >= 0.3 is 0 Å². The Bertz CT molecular complexity index is 910. The van der Waals surface area contributed by atoms with Crippen molar-refractivity contribution in [2.45, 2.75) is 25.9 Å². The Morgan fingerprint density at radius 1 is 0.920 bits per heavy atom. The van der Waals surface area contributed by atoms with Crippen LogP contribution in [-0.2, 0) is 9.59 Å². The first-order valence-electron chi connectivity index (χ1n) is 7.88. The zero-order valence-corrected chi connectivity index (χ0v) is 13.7. The number of rotatable bonds is 2. The van der Waals surface area contributed by atoms with Crippen LogP contribution >= 0.6 is 0 Å². The second-order valence-corrected chi connectivity index (χ2v) is 6.20. The minimum Gasteiger partial charge on any atom is -0.271 e. The fourth-order valence-electron chi connectivity index (χ4n) is 3.09. The van der Waals surface area contributed by atoms with Crippen LogP contribution in [0.1, 0.15) is 11.1 Å². The molecule has 0 aromatic heterocycles. The Labute approximate surface area is 143 Å². The van der Waals surface area contributed by atoms with Crippen molar-refractivity contribution in [2.24, 2.45) is 10.3 Å². The SMILES string of the molecule is Cc1ccc(N2N=N[C@@H]3C(=O)N(c4ccc(F)cc4)C(=O)[C@H]32)cc1C. The molecule has 1 fully saturated rings. The van der Waals surface area contributed by atoms with Gasteiger partial charge < -0.3 is 0 Å². The summed E-state index contributed by atoms with van der Waals surface area (Å²) < 4.78 is 13.1. The smallest absolute Gasteiger partial charge is 0.263 e. The monoisotopic (exact) mass is 338 g/mol. The van der Waals surface area contributed by atoms with Gasteiger partial charge in [-0.25, -0.2) is 14.3 Å². The average molecular weight is 338 g/mol. The van der Waals surface area contributed by atoms with Crippen LogP contribution in [0.3, 0.4) is 0 Å². The molecule has 4 rings (SSSR count). The number of aryl methyl sites for hydroxylation is 2. The lowest BCUT2D eigenvalue weighted by Crippen LogP contribution is -2.40. The number of hydrogen-bond donors (Lipinski definition) is 0. The van der Waals surface area contributed by atoms with E-state index >= 15 is 0 Å². The first-order chi connectivity index (χ1) is 12.0. The molecule has 2 aliphatic heterocycles. The van der Waals surface area contributed by atoms with Crippen LogP contribution in [0.25, 0.3) is 0 Å². The second-order valence-electron chi connectivity index (χ2n) is 6.20. The van der Waals surface area contributed by atoms with E-state index in [2.05, 4.69) is 10.3 Å². The van der Waals surface area contributed by atoms with Crippen molar-refractivity contribution in [3.05, 3.63) is 59.4 Å². The molecule has 2 heterocycles. The maximum Gasteiger partial charge on any atom is 0.263 e. The van der Waals surface area contributed by atoms with E-state index in [1.807, 2.05) is 32.0 Å². The summed E-state index contributed by atoms with van der Waals surface area (Å²) in [5.74, 6) is -1.29. The number of nitrogens with zero attached hydrogens (tertiary/aromatic N) is 4. The van der Waals surface area contributed by atoms with Crippen molar-refractivity contribution in [2.75, 3.05) is 9.91 Å². The lowest BCUT2D eigenvalue weighted by molar-refractivity contribution is -0.121. The van der Waals surface area contributed by atoms with Crippen molar-refractivity contribution in [1.82, 2.24) is 0 Å². The predicted octanol–water partition coefficient (Wildman–Crippen LogP) is 2.94. The van der Waals surface area contributed by atoms with Crippen molar-refractivity contribution < 1.29 is 14.0 Å². The normalized spacial score (nSPS) is 22.0. The van der Waals surface area contributed by atoms with Gasteiger partial charge in [-0.1, -0.05) is 11.3 Å². The van der Waals surface area contributed by atoms with E-state index in [4.69, 9.17) is 0 Å². The fourth-order valence-corrected chi connectivity index (χ4v) is 3.09. The van der Waals surface area contributed by atoms with Crippen LogP contribution < -0.4 is 9.91 Å². The van der Waals surface area contributed by atoms with Gasteiger partial charge in [-0.15, -0.1) is 0 Å². The van der Waals surface area contributed by atoms with Crippen LogP contribution in [0.15, 0.2) is 52.8 Å². The molecule has 2 aromatic carbocycles. The Balaban J connectivity index is 1.70. The van der Waals surface area contributed by atoms with E-state index in [-0.39, 0.29) is 0 Å². The van der Waals surface area contributed by atoms with Crippen LogP contribution in [0.2, 0.25) is 0 Å². The number of halogens is 1. The molecule has 7 heteroatoms. The first kappa shape index (κ1) is 15.4. The summed E-state index contributed by atoms with van der Waals surface area (Å²) in [6.45, 7) is 3.96. The topological polar surface area (TPSA) is 65.3 Å². The van der Waals surface area contributed by atoms with Gasteiger partial charge in [-0.05, 0) is 61.4 Å². The fraction of sp³-hybridized carbons (Fsp3) is 0.222. The highest BCUT2D eigenvalue weighted by atomic mass is 19.1. The van der Waals surface area contributed by atoms with Gasteiger partial charge in [0, 0.05) is 0 Å². The number of anilines is 2. The third-order valence-electron chi connectivity index (χ3n) is 4.62. The minimum atomic E-state index is -0.876. The molecule has 2 aliphatic rings. The number of amides is 2. The quantitative estimate of drug-likeness (QED) is 0.791. The molecule has 126 valence electrons. The van der Waals surface area contributed by atoms with E-state index in [1.54, 1.807) is 0 Å². The summed E-state index contributed by atoms with van der Waals surface area (Å²) in [5.41, 5.74) is 3.23. The van der Waals surface area contributed by atoms with Gasteiger partial charge in [0.1, 0.15) is 5.82 Å². The Morgan fingerprint density at radius 3 is 2.28 bits per heavy atom. The molecular weight excluding hydrogens is 323 g/mol. The summed E-state index contributed by atoms with van der Waals surface area (Å²) in [7, 11) is 0. The third-order valence-corrected chi connectivity index (χ3v) is 4.62. The molecule has 0 spiro atoms. The van der Waals surface area contributed by atoms with Crippen molar-refractivity contribution in [3.63, 3.8) is 0 Å². The summed E-state index contributed by atoms with van der Waals surface area (Å²) in [6, 6.07) is 9.26. The van der Waals surface area contributed by atoms with Gasteiger partial charge in [-0.3, -0.25) is 9.59 Å². The third kappa shape index (κ3) is 2.31.